The SMILES string of the molecule is OC(c1ccoc1)C1(c2ccccc2)CCC1. The molecule has 88 valence electrons. The fraction of sp³-hybridized carbons (Fsp3) is 0.333. The van der Waals surface area contributed by atoms with Gasteiger partial charge in [-0.1, -0.05) is 36.8 Å². The molecule has 2 aromatic rings. The summed E-state index contributed by atoms with van der Waals surface area (Å²) in [5.74, 6) is 0. The Labute approximate surface area is 101 Å². The van der Waals surface area contributed by atoms with Crippen LogP contribution in [-0.4, -0.2) is 5.11 Å². The second kappa shape index (κ2) is 4.04. The molecule has 1 atom stereocenters. The van der Waals surface area contributed by atoms with Crippen LogP contribution in [0.3, 0.4) is 0 Å². The summed E-state index contributed by atoms with van der Waals surface area (Å²) in [6.07, 6.45) is 6.08. The lowest BCUT2D eigenvalue weighted by Gasteiger charge is -2.45. The average molecular weight is 228 g/mol. The highest BCUT2D eigenvalue weighted by Crippen LogP contribution is 2.52. The lowest BCUT2D eigenvalue weighted by Crippen LogP contribution is -2.40. The zero-order chi connectivity index (χ0) is 11.7. The number of benzene rings is 1. The summed E-state index contributed by atoms with van der Waals surface area (Å²) in [6.45, 7) is 0. The van der Waals surface area contributed by atoms with Crippen molar-refractivity contribution in [2.45, 2.75) is 30.8 Å². The second-order valence-electron chi connectivity index (χ2n) is 4.83. The molecule has 17 heavy (non-hydrogen) atoms. The number of hydrogen-bond acceptors (Lipinski definition) is 2. The third kappa shape index (κ3) is 1.60. The molecule has 0 radical (unpaired) electrons. The Morgan fingerprint density at radius 2 is 1.88 bits per heavy atom. The van der Waals surface area contributed by atoms with E-state index in [9.17, 15) is 5.11 Å². The molecule has 1 aromatic carbocycles. The molecule has 0 spiro atoms. The van der Waals surface area contributed by atoms with Crippen LogP contribution in [0.25, 0.3) is 0 Å². The smallest absolute Gasteiger partial charge is 0.0960 e. The molecule has 0 saturated heterocycles. The molecular weight excluding hydrogens is 212 g/mol. The number of rotatable bonds is 3. The summed E-state index contributed by atoms with van der Waals surface area (Å²) in [7, 11) is 0. The quantitative estimate of drug-likeness (QED) is 0.873. The van der Waals surface area contributed by atoms with Gasteiger partial charge in [0.1, 0.15) is 0 Å². The van der Waals surface area contributed by atoms with Gasteiger partial charge >= 0.3 is 0 Å². The van der Waals surface area contributed by atoms with Crippen LogP contribution in [0, 0.1) is 0 Å². The third-order valence-corrected chi connectivity index (χ3v) is 3.98. The highest BCUT2D eigenvalue weighted by molar-refractivity contribution is 5.33. The molecule has 1 saturated carbocycles. The maximum atomic E-state index is 10.6. The first kappa shape index (κ1) is 10.6. The van der Waals surface area contributed by atoms with E-state index in [1.165, 1.54) is 12.0 Å². The molecule has 0 amide bonds. The molecule has 1 unspecified atom stereocenters. The van der Waals surface area contributed by atoms with E-state index >= 15 is 0 Å². The van der Waals surface area contributed by atoms with Gasteiger partial charge in [0.15, 0.2) is 0 Å². The van der Waals surface area contributed by atoms with Crippen LogP contribution in [0.2, 0.25) is 0 Å². The van der Waals surface area contributed by atoms with Crippen molar-refractivity contribution in [3.63, 3.8) is 0 Å². The minimum absolute atomic E-state index is 0.106. The summed E-state index contributed by atoms with van der Waals surface area (Å²) in [5, 5.41) is 10.6. The molecule has 1 heterocycles. The maximum absolute atomic E-state index is 10.6. The monoisotopic (exact) mass is 228 g/mol. The lowest BCUT2D eigenvalue weighted by atomic mass is 9.60. The second-order valence-corrected chi connectivity index (χ2v) is 4.83. The molecule has 1 aromatic heterocycles. The van der Waals surface area contributed by atoms with Gasteiger partial charge in [0.25, 0.3) is 0 Å². The largest absolute Gasteiger partial charge is 0.472 e. The molecular formula is C15H16O2. The maximum Gasteiger partial charge on any atom is 0.0960 e. The number of aliphatic hydroxyl groups is 1. The van der Waals surface area contributed by atoms with Crippen LogP contribution in [0.1, 0.15) is 36.5 Å². The molecule has 3 rings (SSSR count). The predicted molar refractivity (Wildman–Crippen MR) is 65.6 cm³/mol. The first-order valence-electron chi connectivity index (χ1n) is 6.09. The van der Waals surface area contributed by atoms with Gasteiger partial charge in [0.05, 0.1) is 18.6 Å². The Hall–Kier alpha value is -1.54. The number of furan rings is 1. The van der Waals surface area contributed by atoms with Gasteiger partial charge in [-0.15, -0.1) is 0 Å². The van der Waals surface area contributed by atoms with Crippen molar-refractivity contribution in [3.05, 3.63) is 60.1 Å². The first-order valence-corrected chi connectivity index (χ1v) is 6.09. The molecule has 0 aliphatic heterocycles. The fourth-order valence-electron chi connectivity index (χ4n) is 2.80. The van der Waals surface area contributed by atoms with Gasteiger partial charge in [-0.05, 0) is 24.5 Å². The van der Waals surface area contributed by atoms with Gasteiger partial charge < -0.3 is 9.52 Å². The topological polar surface area (TPSA) is 33.4 Å². The van der Waals surface area contributed by atoms with E-state index in [4.69, 9.17) is 4.42 Å². The van der Waals surface area contributed by atoms with E-state index in [1.807, 2.05) is 24.3 Å². The summed E-state index contributed by atoms with van der Waals surface area (Å²) in [5.41, 5.74) is 2.01. The van der Waals surface area contributed by atoms with Crippen LogP contribution in [-0.2, 0) is 5.41 Å². The van der Waals surface area contributed by atoms with Crippen LogP contribution in [0.5, 0.6) is 0 Å². The van der Waals surface area contributed by atoms with E-state index in [2.05, 4.69) is 12.1 Å². The Kier molecular flexibility index (Phi) is 2.52. The Balaban J connectivity index is 1.98. The van der Waals surface area contributed by atoms with Crippen molar-refractivity contribution < 1.29 is 9.52 Å². The predicted octanol–water partition coefficient (Wildman–Crippen LogP) is 3.43. The van der Waals surface area contributed by atoms with Crippen LogP contribution in [0.4, 0.5) is 0 Å². The van der Waals surface area contributed by atoms with Gasteiger partial charge in [-0.2, -0.15) is 0 Å². The Morgan fingerprint density at radius 1 is 1.12 bits per heavy atom. The standard InChI is InChI=1S/C15H16O2/c16-14(12-7-10-17-11-12)15(8-4-9-15)13-5-2-1-3-6-13/h1-3,5-7,10-11,14,16H,4,8-9H2. The highest BCUT2D eigenvalue weighted by Gasteiger charge is 2.45. The molecule has 2 nitrogen and oxygen atoms in total. The third-order valence-electron chi connectivity index (χ3n) is 3.98. The van der Waals surface area contributed by atoms with E-state index in [-0.39, 0.29) is 5.41 Å². The van der Waals surface area contributed by atoms with E-state index in [0.717, 1.165) is 18.4 Å². The van der Waals surface area contributed by atoms with Crippen LogP contribution in [0.15, 0.2) is 53.3 Å². The lowest BCUT2D eigenvalue weighted by molar-refractivity contribution is 0.0264. The zero-order valence-electron chi connectivity index (χ0n) is 9.67. The Morgan fingerprint density at radius 3 is 2.41 bits per heavy atom. The summed E-state index contributed by atoms with van der Waals surface area (Å²) < 4.78 is 5.08. The molecule has 1 N–H and O–H groups in total. The number of hydrogen-bond donors (Lipinski definition) is 1. The molecule has 1 aliphatic carbocycles. The van der Waals surface area contributed by atoms with E-state index in [0.29, 0.717) is 0 Å². The van der Waals surface area contributed by atoms with Crippen molar-refractivity contribution >= 4 is 0 Å². The Bertz CT molecular complexity index is 469. The van der Waals surface area contributed by atoms with E-state index < -0.39 is 6.10 Å². The van der Waals surface area contributed by atoms with Gasteiger partial charge in [0.2, 0.25) is 0 Å². The molecule has 1 aliphatic rings. The first-order chi connectivity index (χ1) is 8.33. The van der Waals surface area contributed by atoms with Crippen molar-refractivity contribution in [2.24, 2.45) is 0 Å². The molecule has 0 bridgehead atoms. The van der Waals surface area contributed by atoms with Crippen LogP contribution >= 0.6 is 0 Å². The van der Waals surface area contributed by atoms with Crippen molar-refractivity contribution in [3.8, 4) is 0 Å². The van der Waals surface area contributed by atoms with Gasteiger partial charge in [-0.3, -0.25) is 0 Å². The van der Waals surface area contributed by atoms with Crippen molar-refractivity contribution in [1.29, 1.82) is 0 Å². The van der Waals surface area contributed by atoms with Crippen molar-refractivity contribution in [1.82, 2.24) is 0 Å². The molecule has 2 heteroatoms. The molecule has 1 fully saturated rings. The minimum atomic E-state index is -0.461. The minimum Gasteiger partial charge on any atom is -0.472 e. The van der Waals surface area contributed by atoms with E-state index in [1.54, 1.807) is 12.5 Å². The zero-order valence-corrected chi connectivity index (χ0v) is 9.67. The summed E-state index contributed by atoms with van der Waals surface area (Å²) >= 11 is 0. The van der Waals surface area contributed by atoms with Gasteiger partial charge in [-0.25, -0.2) is 0 Å². The fourth-order valence-corrected chi connectivity index (χ4v) is 2.80. The van der Waals surface area contributed by atoms with Gasteiger partial charge in [0, 0.05) is 11.0 Å². The summed E-state index contributed by atoms with van der Waals surface area (Å²) in [4.78, 5) is 0. The number of aliphatic hydroxyl groups excluding tert-OH is 1. The normalized spacial score (nSPS) is 19.6. The van der Waals surface area contributed by atoms with Crippen LogP contribution < -0.4 is 0 Å². The highest BCUT2D eigenvalue weighted by atomic mass is 16.3. The average Bonchev–Trinajstić information content (AvgIpc) is 2.82. The van der Waals surface area contributed by atoms with Crippen molar-refractivity contribution in [2.75, 3.05) is 0 Å². The summed E-state index contributed by atoms with van der Waals surface area (Å²) in [6, 6.07) is 12.2.